The van der Waals surface area contributed by atoms with Crippen LogP contribution in [0.2, 0.25) is 0 Å². The van der Waals surface area contributed by atoms with Crippen LogP contribution >= 0.6 is 0 Å². The first-order valence-electron chi connectivity index (χ1n) is 8.71. The zero-order chi connectivity index (χ0) is 18.7. The lowest BCUT2D eigenvalue weighted by Crippen LogP contribution is -2.30. The number of ether oxygens (including phenoxy) is 1. The van der Waals surface area contributed by atoms with E-state index in [2.05, 4.69) is 25.8 Å². The number of benzene rings is 2. The predicted molar refractivity (Wildman–Crippen MR) is 103 cm³/mol. The summed E-state index contributed by atoms with van der Waals surface area (Å²) in [5.41, 5.74) is 1.51. The average Bonchev–Trinajstić information content (AvgIpc) is 2.62. The number of para-hydroxylation sites is 2. The van der Waals surface area contributed by atoms with Crippen LogP contribution in [0, 0.1) is 0 Å². The molecule has 0 amide bonds. The molecule has 0 fully saturated rings. The Morgan fingerprint density at radius 1 is 1.12 bits per heavy atom. The number of aromatic nitrogens is 2. The van der Waals surface area contributed by atoms with Crippen LogP contribution < -0.4 is 10.3 Å². The summed E-state index contributed by atoms with van der Waals surface area (Å²) in [7, 11) is 0. The summed E-state index contributed by atoms with van der Waals surface area (Å²) < 4.78 is 7.26. The number of nitrogens with zero attached hydrogens (tertiary/aromatic N) is 2. The third-order valence-corrected chi connectivity index (χ3v) is 4.27. The summed E-state index contributed by atoms with van der Waals surface area (Å²) in [5.74, 6) is 0.753. The first-order valence-corrected chi connectivity index (χ1v) is 8.71. The van der Waals surface area contributed by atoms with Gasteiger partial charge in [0.1, 0.15) is 18.5 Å². The molecule has 2 aromatic carbocycles. The first kappa shape index (κ1) is 18.1. The van der Waals surface area contributed by atoms with Gasteiger partial charge in [0.05, 0.1) is 23.8 Å². The van der Waals surface area contributed by atoms with E-state index in [9.17, 15) is 9.90 Å². The quantitative estimate of drug-likeness (QED) is 0.766. The van der Waals surface area contributed by atoms with Crippen LogP contribution in [0.4, 0.5) is 0 Å². The van der Waals surface area contributed by atoms with Crippen LogP contribution in [0.5, 0.6) is 5.75 Å². The van der Waals surface area contributed by atoms with Crippen LogP contribution in [-0.2, 0) is 12.0 Å². The van der Waals surface area contributed by atoms with Crippen molar-refractivity contribution in [2.75, 3.05) is 6.61 Å². The van der Waals surface area contributed by atoms with E-state index >= 15 is 0 Å². The molecule has 0 aliphatic heterocycles. The van der Waals surface area contributed by atoms with Gasteiger partial charge in [0, 0.05) is 0 Å². The summed E-state index contributed by atoms with van der Waals surface area (Å²) in [6.07, 6.45) is 0.653. The van der Waals surface area contributed by atoms with Gasteiger partial charge < -0.3 is 9.84 Å². The molecular weight excluding hydrogens is 328 g/mol. The Bertz CT molecular complexity index is 957. The van der Waals surface area contributed by atoms with Crippen molar-refractivity contribution in [2.45, 2.75) is 38.8 Å². The molecule has 0 saturated heterocycles. The predicted octanol–water partition coefficient (Wildman–Crippen LogP) is 3.13. The number of aliphatic hydroxyl groups excluding tert-OH is 1. The molecule has 1 aromatic heterocycles. The van der Waals surface area contributed by atoms with E-state index in [0.29, 0.717) is 10.9 Å². The Morgan fingerprint density at radius 2 is 1.81 bits per heavy atom. The van der Waals surface area contributed by atoms with Gasteiger partial charge >= 0.3 is 0 Å². The molecule has 26 heavy (non-hydrogen) atoms. The maximum Gasteiger partial charge on any atom is 0.261 e. The summed E-state index contributed by atoms with van der Waals surface area (Å²) in [5, 5.41) is 10.9. The Labute approximate surface area is 152 Å². The van der Waals surface area contributed by atoms with E-state index in [1.165, 1.54) is 10.9 Å². The molecule has 1 unspecified atom stereocenters. The van der Waals surface area contributed by atoms with Crippen LogP contribution in [0.15, 0.2) is 59.7 Å². The van der Waals surface area contributed by atoms with E-state index < -0.39 is 6.10 Å². The second-order valence-corrected chi connectivity index (χ2v) is 7.43. The van der Waals surface area contributed by atoms with Crippen molar-refractivity contribution in [2.24, 2.45) is 0 Å². The minimum atomic E-state index is -0.816. The zero-order valence-electron chi connectivity index (χ0n) is 15.3. The van der Waals surface area contributed by atoms with Gasteiger partial charge in [-0.2, -0.15) is 0 Å². The van der Waals surface area contributed by atoms with Gasteiger partial charge in [-0.05, 0) is 29.2 Å². The summed E-state index contributed by atoms with van der Waals surface area (Å²) in [6, 6.07) is 15.0. The highest BCUT2D eigenvalue weighted by Gasteiger charge is 2.19. The zero-order valence-corrected chi connectivity index (χ0v) is 15.3. The fourth-order valence-electron chi connectivity index (χ4n) is 2.91. The van der Waals surface area contributed by atoms with Gasteiger partial charge in [-0.25, -0.2) is 4.98 Å². The highest BCUT2D eigenvalue weighted by atomic mass is 16.5. The second kappa shape index (κ2) is 7.30. The lowest BCUT2D eigenvalue weighted by molar-refractivity contribution is 0.0905. The Hall–Kier alpha value is -2.66. The second-order valence-electron chi connectivity index (χ2n) is 7.43. The Morgan fingerprint density at radius 3 is 2.58 bits per heavy atom. The van der Waals surface area contributed by atoms with Gasteiger partial charge in [0.15, 0.2) is 0 Å². The van der Waals surface area contributed by atoms with Crippen molar-refractivity contribution in [3.63, 3.8) is 0 Å². The number of rotatable bonds is 5. The number of fused-ring (bicyclic) bond motifs is 1. The average molecular weight is 352 g/mol. The maximum atomic E-state index is 12.5. The minimum absolute atomic E-state index is 0.0548. The lowest BCUT2D eigenvalue weighted by Gasteiger charge is -2.23. The van der Waals surface area contributed by atoms with Crippen molar-refractivity contribution in [1.82, 2.24) is 9.55 Å². The molecule has 0 spiro atoms. The Kier molecular flexibility index (Phi) is 5.09. The topological polar surface area (TPSA) is 64.3 Å². The molecule has 1 atom stereocenters. The van der Waals surface area contributed by atoms with Gasteiger partial charge in [-0.1, -0.05) is 51.1 Å². The van der Waals surface area contributed by atoms with E-state index in [-0.39, 0.29) is 24.1 Å². The van der Waals surface area contributed by atoms with Crippen molar-refractivity contribution in [3.8, 4) is 5.75 Å². The summed E-state index contributed by atoms with van der Waals surface area (Å²) >= 11 is 0. The third-order valence-electron chi connectivity index (χ3n) is 4.27. The molecule has 3 aromatic rings. The number of aliphatic hydroxyl groups is 1. The molecule has 1 heterocycles. The molecule has 0 saturated carbocycles. The van der Waals surface area contributed by atoms with Gasteiger partial charge in [-0.15, -0.1) is 0 Å². The monoisotopic (exact) mass is 352 g/mol. The van der Waals surface area contributed by atoms with Crippen molar-refractivity contribution < 1.29 is 9.84 Å². The molecule has 136 valence electrons. The van der Waals surface area contributed by atoms with Crippen molar-refractivity contribution >= 4 is 10.9 Å². The SMILES string of the molecule is CC(C)(C)c1ccccc1OCC(O)Cn1cnc2ccccc2c1=O. The van der Waals surface area contributed by atoms with E-state index in [1.807, 2.05) is 30.3 Å². The molecule has 0 radical (unpaired) electrons. The smallest absolute Gasteiger partial charge is 0.261 e. The fraction of sp³-hybridized carbons (Fsp3) is 0.333. The minimum Gasteiger partial charge on any atom is -0.491 e. The highest BCUT2D eigenvalue weighted by Crippen LogP contribution is 2.30. The Balaban J connectivity index is 1.72. The van der Waals surface area contributed by atoms with Crippen molar-refractivity contribution in [1.29, 1.82) is 0 Å². The van der Waals surface area contributed by atoms with E-state index in [0.717, 1.165) is 11.3 Å². The van der Waals surface area contributed by atoms with Crippen molar-refractivity contribution in [3.05, 3.63) is 70.8 Å². The molecule has 3 rings (SSSR count). The number of hydrogen-bond acceptors (Lipinski definition) is 4. The summed E-state index contributed by atoms with van der Waals surface area (Å²) in [4.78, 5) is 16.8. The molecule has 0 aliphatic carbocycles. The van der Waals surface area contributed by atoms with Gasteiger partial charge in [-0.3, -0.25) is 9.36 Å². The van der Waals surface area contributed by atoms with Crippen LogP contribution in [0.25, 0.3) is 10.9 Å². The third kappa shape index (κ3) is 3.94. The van der Waals surface area contributed by atoms with Crippen LogP contribution in [-0.4, -0.2) is 27.4 Å². The molecule has 5 heteroatoms. The standard InChI is InChI=1S/C21H24N2O3/c1-21(2,3)17-9-5-7-11-19(17)26-13-15(24)12-23-14-22-18-10-6-4-8-16(18)20(23)25/h4-11,14-15,24H,12-13H2,1-3H3. The molecular formula is C21H24N2O3. The molecule has 0 bridgehead atoms. The van der Waals surface area contributed by atoms with Gasteiger partial charge in [0.2, 0.25) is 0 Å². The first-order chi connectivity index (χ1) is 12.4. The lowest BCUT2D eigenvalue weighted by atomic mass is 9.86. The number of hydrogen-bond donors (Lipinski definition) is 1. The fourth-order valence-corrected chi connectivity index (χ4v) is 2.91. The van der Waals surface area contributed by atoms with Crippen LogP contribution in [0.3, 0.4) is 0 Å². The maximum absolute atomic E-state index is 12.5. The van der Waals surface area contributed by atoms with Gasteiger partial charge in [0.25, 0.3) is 5.56 Å². The molecule has 1 N–H and O–H groups in total. The largest absolute Gasteiger partial charge is 0.491 e. The van der Waals surface area contributed by atoms with E-state index in [4.69, 9.17) is 4.74 Å². The molecule has 5 nitrogen and oxygen atoms in total. The van der Waals surface area contributed by atoms with E-state index in [1.54, 1.807) is 18.2 Å². The molecule has 0 aliphatic rings. The summed E-state index contributed by atoms with van der Waals surface area (Å²) in [6.45, 7) is 6.59. The highest BCUT2D eigenvalue weighted by molar-refractivity contribution is 5.76. The normalized spacial score (nSPS) is 12.9. The van der Waals surface area contributed by atoms with Crippen LogP contribution in [0.1, 0.15) is 26.3 Å².